The summed E-state index contributed by atoms with van der Waals surface area (Å²) in [5.41, 5.74) is 7.41. The molecule has 100 valence electrons. The fourth-order valence-electron chi connectivity index (χ4n) is 1.17. The molecule has 0 bridgehead atoms. The number of amides is 1. The second kappa shape index (κ2) is 6.55. The average molecular weight is 254 g/mol. The molecule has 1 heterocycles. The van der Waals surface area contributed by atoms with Crippen LogP contribution in [0.3, 0.4) is 0 Å². The Balaban J connectivity index is 2.63. The number of carbonyl (C=O) groups excluding carboxylic acids is 1. The smallest absolute Gasteiger partial charge is 0.243 e. The van der Waals surface area contributed by atoms with Crippen molar-refractivity contribution in [1.82, 2.24) is 15.0 Å². The zero-order chi connectivity index (χ0) is 13.5. The Morgan fingerprint density at radius 2 is 1.94 bits per heavy atom. The first-order valence-corrected chi connectivity index (χ1v) is 5.45. The Morgan fingerprint density at radius 3 is 2.50 bits per heavy atom. The van der Waals surface area contributed by atoms with Gasteiger partial charge in [0.05, 0.1) is 0 Å². The van der Waals surface area contributed by atoms with Crippen molar-refractivity contribution in [2.75, 3.05) is 36.3 Å². The minimum Gasteiger partial charge on any atom is -0.370 e. The number of nitrogens with one attached hydrogen (secondary N) is 2. The molecule has 6 N–H and O–H groups in total. The van der Waals surface area contributed by atoms with Gasteiger partial charge in [-0.15, -0.1) is 0 Å². The second-order valence-corrected chi connectivity index (χ2v) is 3.82. The minimum atomic E-state index is -0.328. The van der Waals surface area contributed by atoms with Crippen molar-refractivity contribution in [1.29, 1.82) is 0 Å². The fraction of sp³-hybridized carbons (Fsp3) is 0.556. The number of hydrogen-bond donors (Lipinski definition) is 4. The number of carbonyl (C=O) groups is 1. The van der Waals surface area contributed by atoms with Crippen molar-refractivity contribution in [2.45, 2.75) is 12.8 Å². The maximum atomic E-state index is 10.6. The van der Waals surface area contributed by atoms with E-state index < -0.39 is 0 Å². The van der Waals surface area contributed by atoms with Crippen LogP contribution in [0.1, 0.15) is 12.8 Å². The maximum Gasteiger partial charge on any atom is 0.243 e. The van der Waals surface area contributed by atoms with Gasteiger partial charge in [-0.25, -0.2) is 5.84 Å². The van der Waals surface area contributed by atoms with Crippen LogP contribution in [-0.4, -0.2) is 41.5 Å². The quantitative estimate of drug-likeness (QED) is 0.273. The van der Waals surface area contributed by atoms with Gasteiger partial charge in [0, 0.05) is 27.1 Å². The van der Waals surface area contributed by atoms with Crippen LogP contribution in [0.25, 0.3) is 0 Å². The van der Waals surface area contributed by atoms with Gasteiger partial charge < -0.3 is 16.0 Å². The zero-order valence-corrected chi connectivity index (χ0v) is 10.5. The lowest BCUT2D eigenvalue weighted by Gasteiger charge is -2.12. The van der Waals surface area contributed by atoms with Crippen molar-refractivity contribution in [3.8, 4) is 0 Å². The van der Waals surface area contributed by atoms with E-state index in [-0.39, 0.29) is 11.9 Å². The Labute approximate surface area is 105 Å². The molecule has 0 aromatic carbocycles. The second-order valence-electron chi connectivity index (χ2n) is 3.82. The lowest BCUT2D eigenvalue weighted by Crippen LogP contribution is -2.19. The maximum absolute atomic E-state index is 10.6. The number of aromatic nitrogens is 3. The largest absolute Gasteiger partial charge is 0.370 e. The standard InChI is InChI=1S/C9H18N8O/c1-17(2)9-14-7(13-8(15-9)16-11)12-5-3-4-6(10)18/h3-5,11H2,1-2H3,(H2,10,18)(H2,12,13,14,15,16). The number of rotatable bonds is 7. The average Bonchev–Trinajstić information content (AvgIpc) is 2.34. The van der Waals surface area contributed by atoms with Gasteiger partial charge in [-0.2, -0.15) is 15.0 Å². The number of nitrogen functional groups attached to an aromatic ring is 1. The number of nitrogens with zero attached hydrogens (tertiary/aromatic N) is 4. The summed E-state index contributed by atoms with van der Waals surface area (Å²) in [4.78, 5) is 24.6. The lowest BCUT2D eigenvalue weighted by atomic mass is 10.3. The summed E-state index contributed by atoms with van der Waals surface area (Å²) in [6.45, 7) is 0.545. The first-order chi connectivity index (χ1) is 8.52. The molecule has 0 aliphatic rings. The highest BCUT2D eigenvalue weighted by atomic mass is 16.1. The van der Waals surface area contributed by atoms with Gasteiger partial charge in [-0.3, -0.25) is 10.2 Å². The number of anilines is 3. The van der Waals surface area contributed by atoms with Crippen LogP contribution in [0.4, 0.5) is 17.8 Å². The van der Waals surface area contributed by atoms with Crippen LogP contribution in [0, 0.1) is 0 Å². The fourth-order valence-corrected chi connectivity index (χ4v) is 1.17. The molecule has 1 rings (SSSR count). The van der Waals surface area contributed by atoms with E-state index in [9.17, 15) is 4.79 Å². The van der Waals surface area contributed by atoms with Gasteiger partial charge in [0.25, 0.3) is 0 Å². The Bertz CT molecular complexity index is 408. The number of nitrogens with two attached hydrogens (primary N) is 2. The molecule has 0 fully saturated rings. The Hall–Kier alpha value is -2.16. The first kappa shape index (κ1) is 13.9. The predicted molar refractivity (Wildman–Crippen MR) is 68.9 cm³/mol. The summed E-state index contributed by atoms with van der Waals surface area (Å²) in [5, 5.41) is 2.98. The van der Waals surface area contributed by atoms with Gasteiger partial charge in [-0.05, 0) is 6.42 Å². The van der Waals surface area contributed by atoms with Crippen molar-refractivity contribution in [3.05, 3.63) is 0 Å². The summed E-state index contributed by atoms with van der Waals surface area (Å²) in [5.74, 6) is 6.09. The van der Waals surface area contributed by atoms with Crippen LogP contribution in [-0.2, 0) is 4.79 Å². The van der Waals surface area contributed by atoms with Crippen molar-refractivity contribution in [3.63, 3.8) is 0 Å². The van der Waals surface area contributed by atoms with Gasteiger partial charge in [0.15, 0.2) is 0 Å². The van der Waals surface area contributed by atoms with E-state index in [0.717, 1.165) is 0 Å². The molecule has 0 unspecified atom stereocenters. The van der Waals surface area contributed by atoms with Gasteiger partial charge in [0.2, 0.25) is 23.8 Å². The van der Waals surface area contributed by atoms with Gasteiger partial charge in [0.1, 0.15) is 0 Å². The van der Waals surface area contributed by atoms with E-state index in [4.69, 9.17) is 11.6 Å². The Kier molecular flexibility index (Phi) is 5.06. The van der Waals surface area contributed by atoms with E-state index in [1.54, 1.807) is 4.90 Å². The third-order valence-corrected chi connectivity index (χ3v) is 2.04. The molecule has 9 heteroatoms. The zero-order valence-electron chi connectivity index (χ0n) is 10.5. The molecule has 0 radical (unpaired) electrons. The van der Waals surface area contributed by atoms with E-state index >= 15 is 0 Å². The SMILES string of the molecule is CN(C)c1nc(NN)nc(NCCCC(N)=O)n1. The van der Waals surface area contributed by atoms with Gasteiger partial charge >= 0.3 is 0 Å². The number of hydrogen-bond acceptors (Lipinski definition) is 8. The lowest BCUT2D eigenvalue weighted by molar-refractivity contribution is -0.118. The highest BCUT2D eigenvalue weighted by molar-refractivity contribution is 5.73. The van der Waals surface area contributed by atoms with E-state index in [2.05, 4.69) is 25.7 Å². The summed E-state index contributed by atoms with van der Waals surface area (Å²) >= 11 is 0. The molecular formula is C9H18N8O. The molecule has 0 atom stereocenters. The van der Waals surface area contributed by atoms with Crippen LogP contribution >= 0.6 is 0 Å². The molecule has 0 spiro atoms. The molecule has 0 aliphatic heterocycles. The third kappa shape index (κ3) is 4.37. The topological polar surface area (TPSA) is 135 Å². The highest BCUT2D eigenvalue weighted by Gasteiger charge is 2.06. The summed E-state index contributed by atoms with van der Waals surface area (Å²) in [6, 6.07) is 0. The summed E-state index contributed by atoms with van der Waals surface area (Å²) in [6.07, 6.45) is 0.935. The van der Waals surface area contributed by atoms with Gasteiger partial charge in [-0.1, -0.05) is 0 Å². The molecule has 1 aromatic heterocycles. The van der Waals surface area contributed by atoms with E-state index in [1.165, 1.54) is 0 Å². The molecule has 0 saturated heterocycles. The monoisotopic (exact) mass is 254 g/mol. The normalized spacial score (nSPS) is 9.94. The van der Waals surface area contributed by atoms with Crippen molar-refractivity contribution in [2.24, 2.45) is 11.6 Å². The first-order valence-electron chi connectivity index (χ1n) is 5.45. The highest BCUT2D eigenvalue weighted by Crippen LogP contribution is 2.10. The number of hydrazine groups is 1. The van der Waals surface area contributed by atoms with Crippen molar-refractivity contribution >= 4 is 23.8 Å². The van der Waals surface area contributed by atoms with Crippen LogP contribution in [0.5, 0.6) is 0 Å². The van der Waals surface area contributed by atoms with Crippen molar-refractivity contribution < 1.29 is 4.79 Å². The molecule has 1 aromatic rings. The minimum absolute atomic E-state index is 0.270. The third-order valence-electron chi connectivity index (χ3n) is 2.04. The summed E-state index contributed by atoms with van der Waals surface area (Å²) < 4.78 is 0. The molecule has 1 amide bonds. The molecular weight excluding hydrogens is 236 g/mol. The van der Waals surface area contributed by atoms with E-state index in [1.807, 2.05) is 14.1 Å². The molecule has 0 saturated carbocycles. The molecule has 9 nitrogen and oxygen atoms in total. The van der Waals surface area contributed by atoms with E-state index in [0.29, 0.717) is 31.3 Å². The predicted octanol–water partition coefficient (Wildman–Crippen LogP) is -1.10. The Morgan fingerprint density at radius 1 is 1.28 bits per heavy atom. The van der Waals surface area contributed by atoms with Crippen LogP contribution < -0.4 is 27.2 Å². The van der Waals surface area contributed by atoms with Crippen LogP contribution in [0.15, 0.2) is 0 Å². The number of primary amides is 1. The summed E-state index contributed by atoms with van der Waals surface area (Å²) in [7, 11) is 3.62. The molecule has 18 heavy (non-hydrogen) atoms. The van der Waals surface area contributed by atoms with Crippen LogP contribution in [0.2, 0.25) is 0 Å². The molecule has 0 aliphatic carbocycles.